The molecule has 1 N–H and O–H groups in total. The van der Waals surface area contributed by atoms with E-state index in [4.69, 9.17) is 0 Å². The number of hydrogen-bond acceptors (Lipinski definition) is 3. The van der Waals surface area contributed by atoms with Crippen molar-refractivity contribution in [1.29, 1.82) is 0 Å². The molecule has 1 heterocycles. The molecule has 2 rings (SSSR count). The fraction of sp³-hybridized carbons (Fsp3) is 0.231. The van der Waals surface area contributed by atoms with Gasteiger partial charge < -0.3 is 5.32 Å². The number of halogens is 1. The van der Waals surface area contributed by atoms with E-state index >= 15 is 0 Å². The van der Waals surface area contributed by atoms with Gasteiger partial charge >= 0.3 is 0 Å². The highest BCUT2D eigenvalue weighted by molar-refractivity contribution is 9.10. The Kier molecular flexibility index (Phi) is 3.43. The zero-order valence-corrected chi connectivity index (χ0v) is 11.7. The standard InChI is InChI=1S/C13H14BrN3/c1-8-4-5-11(9(2)6-8)17-13-7-12(14)15-10(3)16-13/h4-7H,1-3H3,(H,15,16,17). The lowest BCUT2D eigenvalue weighted by Gasteiger charge is -2.10. The monoisotopic (exact) mass is 291 g/mol. The molecular weight excluding hydrogens is 278 g/mol. The molecule has 0 aliphatic carbocycles. The van der Waals surface area contributed by atoms with Crippen molar-refractivity contribution >= 4 is 27.4 Å². The molecule has 4 heteroatoms. The highest BCUT2D eigenvalue weighted by Gasteiger charge is 2.02. The Morgan fingerprint density at radius 2 is 1.82 bits per heavy atom. The maximum Gasteiger partial charge on any atom is 0.135 e. The molecule has 0 unspecified atom stereocenters. The summed E-state index contributed by atoms with van der Waals surface area (Å²) in [6.45, 7) is 6.04. The van der Waals surface area contributed by atoms with Gasteiger partial charge in [0.05, 0.1) is 0 Å². The van der Waals surface area contributed by atoms with Crippen LogP contribution in [0.5, 0.6) is 0 Å². The smallest absolute Gasteiger partial charge is 0.135 e. The van der Waals surface area contributed by atoms with Crippen LogP contribution < -0.4 is 5.32 Å². The number of anilines is 2. The van der Waals surface area contributed by atoms with Crippen LogP contribution in [0.4, 0.5) is 11.5 Å². The highest BCUT2D eigenvalue weighted by atomic mass is 79.9. The molecule has 0 spiro atoms. The lowest BCUT2D eigenvalue weighted by Crippen LogP contribution is -1.99. The lowest BCUT2D eigenvalue weighted by atomic mass is 10.1. The predicted molar refractivity (Wildman–Crippen MR) is 73.7 cm³/mol. The van der Waals surface area contributed by atoms with Gasteiger partial charge in [-0.25, -0.2) is 9.97 Å². The molecule has 0 bridgehead atoms. The highest BCUT2D eigenvalue weighted by Crippen LogP contribution is 2.21. The van der Waals surface area contributed by atoms with Crippen molar-refractivity contribution in [1.82, 2.24) is 9.97 Å². The molecule has 88 valence electrons. The van der Waals surface area contributed by atoms with E-state index in [0.717, 1.165) is 21.9 Å². The molecule has 17 heavy (non-hydrogen) atoms. The number of nitrogens with one attached hydrogen (secondary N) is 1. The minimum Gasteiger partial charge on any atom is -0.340 e. The van der Waals surface area contributed by atoms with Crippen LogP contribution in [0.3, 0.4) is 0 Å². The average Bonchev–Trinajstić information content (AvgIpc) is 2.21. The molecule has 0 saturated heterocycles. The summed E-state index contributed by atoms with van der Waals surface area (Å²) in [5.41, 5.74) is 3.53. The zero-order valence-electron chi connectivity index (χ0n) is 10.1. The Hall–Kier alpha value is -1.42. The second-order valence-electron chi connectivity index (χ2n) is 4.07. The van der Waals surface area contributed by atoms with Crippen LogP contribution in [0.25, 0.3) is 0 Å². The topological polar surface area (TPSA) is 37.8 Å². The van der Waals surface area contributed by atoms with E-state index in [1.807, 2.05) is 13.0 Å². The SMILES string of the molecule is Cc1ccc(Nc2cc(Br)nc(C)n2)c(C)c1. The van der Waals surface area contributed by atoms with Gasteiger partial charge in [-0.05, 0) is 48.3 Å². The summed E-state index contributed by atoms with van der Waals surface area (Å²) < 4.78 is 0.789. The first-order chi connectivity index (χ1) is 8.04. The van der Waals surface area contributed by atoms with Gasteiger partial charge in [0, 0.05) is 11.8 Å². The summed E-state index contributed by atoms with van der Waals surface area (Å²) in [5, 5.41) is 3.30. The Morgan fingerprint density at radius 1 is 1.06 bits per heavy atom. The number of rotatable bonds is 2. The molecule has 1 aromatic heterocycles. The molecular formula is C13H14BrN3. The average molecular weight is 292 g/mol. The van der Waals surface area contributed by atoms with E-state index in [2.05, 4.69) is 63.3 Å². The molecule has 0 fully saturated rings. The number of aryl methyl sites for hydroxylation is 3. The maximum absolute atomic E-state index is 4.34. The van der Waals surface area contributed by atoms with Crippen molar-refractivity contribution in [3.05, 3.63) is 45.8 Å². The second kappa shape index (κ2) is 4.84. The van der Waals surface area contributed by atoms with Crippen LogP contribution in [-0.4, -0.2) is 9.97 Å². The van der Waals surface area contributed by atoms with Crippen molar-refractivity contribution in [3.63, 3.8) is 0 Å². The van der Waals surface area contributed by atoms with Gasteiger partial charge in [0.2, 0.25) is 0 Å². The third kappa shape index (κ3) is 3.03. The zero-order chi connectivity index (χ0) is 12.4. The Bertz CT molecular complexity index is 532. The Labute approximate surface area is 109 Å². The first-order valence-corrected chi connectivity index (χ1v) is 6.19. The van der Waals surface area contributed by atoms with Crippen molar-refractivity contribution in [3.8, 4) is 0 Å². The summed E-state index contributed by atoms with van der Waals surface area (Å²) >= 11 is 3.37. The van der Waals surface area contributed by atoms with Crippen molar-refractivity contribution in [2.24, 2.45) is 0 Å². The quantitative estimate of drug-likeness (QED) is 0.853. The number of aromatic nitrogens is 2. The molecule has 3 nitrogen and oxygen atoms in total. The molecule has 1 aromatic carbocycles. The number of benzene rings is 1. The van der Waals surface area contributed by atoms with E-state index in [1.165, 1.54) is 11.1 Å². The third-order valence-corrected chi connectivity index (χ3v) is 2.86. The summed E-state index contributed by atoms with van der Waals surface area (Å²) in [6.07, 6.45) is 0. The first-order valence-electron chi connectivity index (χ1n) is 5.40. The van der Waals surface area contributed by atoms with Gasteiger partial charge in [0.25, 0.3) is 0 Å². The van der Waals surface area contributed by atoms with Gasteiger partial charge in [-0.1, -0.05) is 17.7 Å². The van der Waals surface area contributed by atoms with Crippen LogP contribution in [0, 0.1) is 20.8 Å². The largest absolute Gasteiger partial charge is 0.340 e. The molecule has 0 atom stereocenters. The van der Waals surface area contributed by atoms with Crippen molar-refractivity contribution < 1.29 is 0 Å². The second-order valence-corrected chi connectivity index (χ2v) is 4.88. The Balaban J connectivity index is 2.31. The summed E-state index contributed by atoms with van der Waals surface area (Å²) in [5.74, 6) is 1.54. The van der Waals surface area contributed by atoms with Crippen LogP contribution in [-0.2, 0) is 0 Å². The van der Waals surface area contributed by atoms with Gasteiger partial charge in [-0.2, -0.15) is 0 Å². The van der Waals surface area contributed by atoms with Gasteiger partial charge in [-0.15, -0.1) is 0 Å². The van der Waals surface area contributed by atoms with Gasteiger partial charge in [-0.3, -0.25) is 0 Å². The Morgan fingerprint density at radius 3 is 2.47 bits per heavy atom. The first kappa shape index (κ1) is 12.0. The minimum atomic E-state index is 0.742. The van der Waals surface area contributed by atoms with Gasteiger partial charge in [0.15, 0.2) is 0 Å². The van der Waals surface area contributed by atoms with Crippen molar-refractivity contribution in [2.75, 3.05) is 5.32 Å². The van der Waals surface area contributed by atoms with Crippen LogP contribution >= 0.6 is 15.9 Å². The maximum atomic E-state index is 4.34. The summed E-state index contributed by atoms with van der Waals surface area (Å²) in [4.78, 5) is 8.52. The van der Waals surface area contributed by atoms with E-state index in [-0.39, 0.29) is 0 Å². The number of nitrogens with zero attached hydrogens (tertiary/aromatic N) is 2. The van der Waals surface area contributed by atoms with E-state index in [9.17, 15) is 0 Å². The number of hydrogen-bond donors (Lipinski definition) is 1. The summed E-state index contributed by atoms with van der Waals surface area (Å²) in [6, 6.07) is 8.16. The van der Waals surface area contributed by atoms with Crippen LogP contribution in [0.2, 0.25) is 0 Å². The molecule has 0 amide bonds. The van der Waals surface area contributed by atoms with Crippen LogP contribution in [0.15, 0.2) is 28.9 Å². The predicted octanol–water partition coefficient (Wildman–Crippen LogP) is 3.91. The fourth-order valence-corrected chi connectivity index (χ4v) is 2.16. The normalized spacial score (nSPS) is 10.4. The minimum absolute atomic E-state index is 0.742. The van der Waals surface area contributed by atoms with E-state index < -0.39 is 0 Å². The summed E-state index contributed by atoms with van der Waals surface area (Å²) in [7, 11) is 0. The van der Waals surface area contributed by atoms with Crippen molar-refractivity contribution in [2.45, 2.75) is 20.8 Å². The molecule has 0 aliphatic heterocycles. The fourth-order valence-electron chi connectivity index (χ4n) is 1.69. The molecule has 0 aliphatic rings. The van der Waals surface area contributed by atoms with Gasteiger partial charge in [0.1, 0.15) is 16.2 Å². The lowest BCUT2D eigenvalue weighted by molar-refractivity contribution is 1.04. The molecule has 0 radical (unpaired) electrons. The molecule has 0 saturated carbocycles. The van der Waals surface area contributed by atoms with E-state index in [0.29, 0.717) is 0 Å². The van der Waals surface area contributed by atoms with E-state index in [1.54, 1.807) is 0 Å². The molecule has 2 aromatic rings. The van der Waals surface area contributed by atoms with Crippen LogP contribution in [0.1, 0.15) is 17.0 Å². The third-order valence-electron chi connectivity index (χ3n) is 2.45.